The Bertz CT molecular complexity index is 484. The van der Waals surface area contributed by atoms with Gasteiger partial charge < -0.3 is 20.3 Å². The standard InChI is InChI=1S/C18H31N3O3/c1-18(2,3)24-17(23)20-14(12-7-8-12)11-19-13-10-16(22)21-9-5-4-6-15(13)21/h12-15,19H,4-11H2,1-3H3,(H,20,23). The van der Waals surface area contributed by atoms with Gasteiger partial charge in [-0.3, -0.25) is 4.79 Å². The molecule has 1 aliphatic carbocycles. The lowest BCUT2D eigenvalue weighted by atomic mass is 9.98. The van der Waals surface area contributed by atoms with Crippen molar-refractivity contribution in [3.8, 4) is 0 Å². The molecular weight excluding hydrogens is 306 g/mol. The van der Waals surface area contributed by atoms with Crippen molar-refractivity contribution in [1.82, 2.24) is 15.5 Å². The minimum Gasteiger partial charge on any atom is -0.444 e. The lowest BCUT2D eigenvalue weighted by Gasteiger charge is -2.33. The van der Waals surface area contributed by atoms with Crippen LogP contribution in [0.2, 0.25) is 0 Å². The Morgan fingerprint density at radius 3 is 2.71 bits per heavy atom. The van der Waals surface area contributed by atoms with Gasteiger partial charge in [0.2, 0.25) is 5.91 Å². The molecule has 6 nitrogen and oxygen atoms in total. The van der Waals surface area contributed by atoms with Gasteiger partial charge in [0.05, 0.1) is 0 Å². The Morgan fingerprint density at radius 2 is 2.04 bits per heavy atom. The van der Waals surface area contributed by atoms with E-state index >= 15 is 0 Å². The van der Waals surface area contributed by atoms with E-state index in [-0.39, 0.29) is 24.1 Å². The second-order valence-corrected chi connectivity index (χ2v) is 8.46. The average molecular weight is 337 g/mol. The summed E-state index contributed by atoms with van der Waals surface area (Å²) in [5, 5.41) is 6.59. The minimum absolute atomic E-state index is 0.0904. The summed E-state index contributed by atoms with van der Waals surface area (Å²) >= 11 is 0. The first-order valence-corrected chi connectivity index (χ1v) is 9.36. The molecular formula is C18H31N3O3. The largest absolute Gasteiger partial charge is 0.444 e. The normalized spacial score (nSPS) is 28.5. The van der Waals surface area contributed by atoms with Crippen LogP contribution in [0.4, 0.5) is 4.79 Å². The van der Waals surface area contributed by atoms with Crippen molar-refractivity contribution in [3.63, 3.8) is 0 Å². The number of rotatable bonds is 5. The van der Waals surface area contributed by atoms with E-state index in [0.717, 1.165) is 32.2 Å². The van der Waals surface area contributed by atoms with Gasteiger partial charge in [-0.1, -0.05) is 0 Å². The van der Waals surface area contributed by atoms with Crippen molar-refractivity contribution in [1.29, 1.82) is 0 Å². The van der Waals surface area contributed by atoms with Crippen LogP contribution >= 0.6 is 0 Å². The highest BCUT2D eigenvalue weighted by Gasteiger charge is 2.41. The van der Waals surface area contributed by atoms with E-state index < -0.39 is 5.60 Å². The monoisotopic (exact) mass is 337 g/mol. The molecule has 0 aromatic carbocycles. The van der Waals surface area contributed by atoms with Gasteiger partial charge in [0.15, 0.2) is 0 Å². The van der Waals surface area contributed by atoms with Gasteiger partial charge in [0.1, 0.15) is 5.60 Å². The molecule has 0 radical (unpaired) electrons. The number of amides is 2. The molecule has 24 heavy (non-hydrogen) atoms. The number of carbonyl (C=O) groups is 2. The van der Waals surface area contributed by atoms with Crippen LogP contribution in [0, 0.1) is 5.92 Å². The number of carbonyl (C=O) groups excluding carboxylic acids is 2. The third-order valence-electron chi connectivity index (χ3n) is 5.22. The van der Waals surface area contributed by atoms with Crippen molar-refractivity contribution in [2.24, 2.45) is 5.92 Å². The van der Waals surface area contributed by atoms with Crippen molar-refractivity contribution < 1.29 is 14.3 Å². The Labute approximate surface area is 144 Å². The van der Waals surface area contributed by atoms with Gasteiger partial charge in [0, 0.05) is 37.6 Å². The molecule has 0 aromatic heterocycles. The molecule has 0 aromatic rings. The number of nitrogens with one attached hydrogen (secondary N) is 2. The molecule has 3 aliphatic rings. The maximum Gasteiger partial charge on any atom is 0.407 e. The Morgan fingerprint density at radius 1 is 1.29 bits per heavy atom. The van der Waals surface area contributed by atoms with Gasteiger partial charge in [-0.25, -0.2) is 4.79 Å². The molecule has 2 heterocycles. The molecule has 6 heteroatoms. The van der Waals surface area contributed by atoms with Crippen molar-refractivity contribution in [2.45, 2.75) is 83.0 Å². The third kappa shape index (κ3) is 4.41. The predicted molar refractivity (Wildman–Crippen MR) is 91.6 cm³/mol. The highest BCUT2D eigenvalue weighted by atomic mass is 16.6. The summed E-state index contributed by atoms with van der Waals surface area (Å²) in [6.45, 7) is 7.24. The molecule has 2 amide bonds. The summed E-state index contributed by atoms with van der Waals surface area (Å²) in [5.74, 6) is 0.810. The zero-order chi connectivity index (χ0) is 17.3. The van der Waals surface area contributed by atoms with Crippen LogP contribution in [0.15, 0.2) is 0 Å². The number of fused-ring (bicyclic) bond motifs is 1. The van der Waals surface area contributed by atoms with Gasteiger partial charge in [-0.15, -0.1) is 0 Å². The lowest BCUT2D eigenvalue weighted by molar-refractivity contribution is -0.129. The third-order valence-corrected chi connectivity index (χ3v) is 5.22. The van der Waals surface area contributed by atoms with E-state index in [4.69, 9.17) is 4.74 Å². The van der Waals surface area contributed by atoms with Crippen molar-refractivity contribution >= 4 is 12.0 Å². The molecule has 2 aliphatic heterocycles. The molecule has 2 saturated heterocycles. The van der Waals surface area contributed by atoms with Crippen LogP contribution in [-0.2, 0) is 9.53 Å². The van der Waals surface area contributed by atoms with E-state index in [0.29, 0.717) is 24.9 Å². The van der Waals surface area contributed by atoms with E-state index in [2.05, 4.69) is 15.5 Å². The summed E-state index contributed by atoms with van der Waals surface area (Å²) in [6, 6.07) is 0.653. The van der Waals surface area contributed by atoms with Crippen molar-refractivity contribution in [2.75, 3.05) is 13.1 Å². The first kappa shape index (κ1) is 17.5. The molecule has 2 N–H and O–H groups in total. The number of hydrogen-bond acceptors (Lipinski definition) is 4. The summed E-state index contributed by atoms with van der Waals surface area (Å²) in [4.78, 5) is 26.2. The fourth-order valence-corrected chi connectivity index (χ4v) is 3.91. The molecule has 0 spiro atoms. The minimum atomic E-state index is -0.480. The summed E-state index contributed by atoms with van der Waals surface area (Å²) in [5.41, 5.74) is -0.480. The SMILES string of the molecule is CC(C)(C)OC(=O)NC(CNC1CC(=O)N2CCCCC12)C1CC1. The van der Waals surface area contributed by atoms with Gasteiger partial charge in [-0.05, 0) is 58.8 Å². The molecule has 3 fully saturated rings. The van der Waals surface area contributed by atoms with Crippen LogP contribution in [0.5, 0.6) is 0 Å². The quantitative estimate of drug-likeness (QED) is 0.805. The average Bonchev–Trinajstić information content (AvgIpc) is 3.28. The highest BCUT2D eigenvalue weighted by Crippen LogP contribution is 2.33. The molecule has 3 rings (SSSR count). The lowest BCUT2D eigenvalue weighted by Crippen LogP contribution is -2.51. The molecule has 3 atom stereocenters. The Balaban J connectivity index is 1.51. The maximum absolute atomic E-state index is 12.1. The van der Waals surface area contributed by atoms with Gasteiger partial charge >= 0.3 is 6.09 Å². The second kappa shape index (κ2) is 6.90. The zero-order valence-electron chi connectivity index (χ0n) is 15.1. The first-order chi connectivity index (χ1) is 11.3. The van der Waals surface area contributed by atoms with Crippen molar-refractivity contribution in [3.05, 3.63) is 0 Å². The molecule has 0 bridgehead atoms. The van der Waals surface area contributed by atoms with E-state index in [9.17, 15) is 9.59 Å². The molecule has 136 valence electrons. The highest BCUT2D eigenvalue weighted by molar-refractivity contribution is 5.80. The maximum atomic E-state index is 12.1. The van der Waals surface area contributed by atoms with Crippen LogP contribution in [0.1, 0.15) is 59.3 Å². The number of piperidine rings is 1. The second-order valence-electron chi connectivity index (χ2n) is 8.46. The van der Waals surface area contributed by atoms with Crippen LogP contribution in [0.25, 0.3) is 0 Å². The molecule has 3 unspecified atom stereocenters. The number of nitrogens with zero attached hydrogens (tertiary/aromatic N) is 1. The number of alkyl carbamates (subject to hydrolysis) is 1. The Hall–Kier alpha value is -1.30. The van der Waals surface area contributed by atoms with Gasteiger partial charge in [0.25, 0.3) is 0 Å². The number of ether oxygens (including phenoxy) is 1. The van der Waals surface area contributed by atoms with Crippen LogP contribution in [-0.4, -0.2) is 53.7 Å². The summed E-state index contributed by atoms with van der Waals surface area (Å²) in [7, 11) is 0. The predicted octanol–water partition coefficient (Wildman–Crippen LogP) is 2.03. The van der Waals surface area contributed by atoms with Crippen LogP contribution in [0.3, 0.4) is 0 Å². The summed E-state index contributed by atoms with van der Waals surface area (Å²) in [6.07, 6.45) is 5.98. The fraction of sp³-hybridized carbons (Fsp3) is 0.889. The van der Waals surface area contributed by atoms with Crippen LogP contribution < -0.4 is 10.6 Å². The van der Waals surface area contributed by atoms with Gasteiger partial charge in [-0.2, -0.15) is 0 Å². The van der Waals surface area contributed by atoms with E-state index in [1.807, 2.05) is 20.8 Å². The first-order valence-electron chi connectivity index (χ1n) is 9.36. The smallest absolute Gasteiger partial charge is 0.407 e. The summed E-state index contributed by atoms with van der Waals surface area (Å²) < 4.78 is 5.38. The Kier molecular flexibility index (Phi) is 5.04. The van der Waals surface area contributed by atoms with E-state index in [1.165, 1.54) is 6.42 Å². The fourth-order valence-electron chi connectivity index (χ4n) is 3.91. The number of hydrogen-bond donors (Lipinski definition) is 2. The zero-order valence-corrected chi connectivity index (χ0v) is 15.1. The molecule has 1 saturated carbocycles. The topological polar surface area (TPSA) is 70.7 Å². The van der Waals surface area contributed by atoms with E-state index in [1.54, 1.807) is 0 Å².